The summed E-state index contributed by atoms with van der Waals surface area (Å²) in [5.41, 5.74) is 0.319. The Balaban J connectivity index is 1.74. The summed E-state index contributed by atoms with van der Waals surface area (Å²) >= 11 is 0. The van der Waals surface area contributed by atoms with Gasteiger partial charge in [-0.2, -0.15) is 0 Å². The summed E-state index contributed by atoms with van der Waals surface area (Å²) in [6.07, 6.45) is 0.758. The van der Waals surface area contributed by atoms with E-state index < -0.39 is 17.3 Å². The van der Waals surface area contributed by atoms with Gasteiger partial charge in [0, 0.05) is 18.7 Å². The van der Waals surface area contributed by atoms with E-state index in [0.717, 1.165) is 5.56 Å². The number of hydrogen-bond acceptors (Lipinski definition) is 3. The van der Waals surface area contributed by atoms with Crippen molar-refractivity contribution in [3.8, 4) is 0 Å². The lowest BCUT2D eigenvalue weighted by Crippen LogP contribution is -2.41. The summed E-state index contributed by atoms with van der Waals surface area (Å²) in [7, 11) is 0. The van der Waals surface area contributed by atoms with Crippen molar-refractivity contribution in [2.75, 3.05) is 13.1 Å². The molecule has 1 fully saturated rings. The number of carbonyl (C=O) groups excluding carboxylic acids is 2. The Bertz CT molecular complexity index is 579. The van der Waals surface area contributed by atoms with Crippen molar-refractivity contribution >= 4 is 17.8 Å². The van der Waals surface area contributed by atoms with Crippen LogP contribution in [0.4, 0.5) is 0 Å². The number of carboxylic acid groups (broad SMARTS) is 1. The van der Waals surface area contributed by atoms with E-state index in [-0.39, 0.29) is 19.0 Å². The largest absolute Gasteiger partial charge is 0.480 e. The lowest BCUT2D eigenvalue weighted by Gasteiger charge is -2.11. The van der Waals surface area contributed by atoms with Crippen LogP contribution in [0.15, 0.2) is 24.3 Å². The maximum Gasteiger partial charge on any atom is 0.319 e. The molecule has 0 atom stereocenters. The highest BCUT2D eigenvalue weighted by molar-refractivity contribution is 6.04. The Morgan fingerprint density at radius 1 is 1.19 bits per heavy atom. The minimum absolute atomic E-state index is 0.214. The standard InChI is InChI=1S/C15H18N2O4/c1-10-3-2-4-11(9-10)12(18)16-7-8-17-13(19)15(5-6-15)14(20)21/h2-4,9H,5-8H2,1H3,(H,16,18)(H,17,19)(H,20,21). The molecule has 1 aromatic rings. The molecule has 0 radical (unpaired) electrons. The summed E-state index contributed by atoms with van der Waals surface area (Å²) in [6, 6.07) is 7.19. The number of carbonyl (C=O) groups is 3. The van der Waals surface area contributed by atoms with Gasteiger partial charge >= 0.3 is 5.97 Å². The lowest BCUT2D eigenvalue weighted by atomic mass is 10.1. The minimum atomic E-state index is -1.24. The quantitative estimate of drug-likeness (QED) is 0.531. The molecule has 6 nitrogen and oxygen atoms in total. The van der Waals surface area contributed by atoms with Crippen LogP contribution in [0.25, 0.3) is 0 Å². The number of carboxylic acids is 1. The first kappa shape index (κ1) is 15.0. The van der Waals surface area contributed by atoms with Gasteiger partial charge in [-0.15, -0.1) is 0 Å². The molecule has 1 aliphatic rings. The zero-order valence-corrected chi connectivity index (χ0v) is 11.8. The van der Waals surface area contributed by atoms with Crippen molar-refractivity contribution in [1.29, 1.82) is 0 Å². The Hall–Kier alpha value is -2.37. The molecule has 1 aromatic carbocycles. The molecule has 112 valence electrons. The Kier molecular flexibility index (Phi) is 4.26. The molecular formula is C15H18N2O4. The van der Waals surface area contributed by atoms with Crippen LogP contribution < -0.4 is 10.6 Å². The van der Waals surface area contributed by atoms with E-state index in [0.29, 0.717) is 18.4 Å². The van der Waals surface area contributed by atoms with Gasteiger partial charge in [0.05, 0.1) is 0 Å². The highest BCUT2D eigenvalue weighted by atomic mass is 16.4. The molecule has 6 heteroatoms. The summed E-state index contributed by atoms with van der Waals surface area (Å²) in [4.78, 5) is 34.5. The Morgan fingerprint density at radius 3 is 2.43 bits per heavy atom. The molecule has 0 spiro atoms. The smallest absolute Gasteiger partial charge is 0.319 e. The van der Waals surface area contributed by atoms with Gasteiger partial charge in [-0.1, -0.05) is 17.7 Å². The van der Waals surface area contributed by atoms with Gasteiger partial charge < -0.3 is 15.7 Å². The van der Waals surface area contributed by atoms with E-state index in [4.69, 9.17) is 5.11 Å². The van der Waals surface area contributed by atoms with Crippen LogP contribution in [-0.4, -0.2) is 36.0 Å². The first-order chi connectivity index (χ1) is 9.95. The van der Waals surface area contributed by atoms with Crippen molar-refractivity contribution in [3.63, 3.8) is 0 Å². The van der Waals surface area contributed by atoms with E-state index in [1.54, 1.807) is 18.2 Å². The molecule has 0 saturated heterocycles. The summed E-state index contributed by atoms with van der Waals surface area (Å²) in [6.45, 7) is 2.37. The number of aryl methyl sites for hydroxylation is 1. The molecule has 1 saturated carbocycles. The number of nitrogens with one attached hydrogen (secondary N) is 2. The van der Waals surface area contributed by atoms with Gasteiger partial charge in [-0.25, -0.2) is 0 Å². The number of hydrogen-bond donors (Lipinski definition) is 3. The summed E-state index contributed by atoms with van der Waals surface area (Å²) < 4.78 is 0. The van der Waals surface area contributed by atoms with E-state index in [9.17, 15) is 14.4 Å². The fraction of sp³-hybridized carbons (Fsp3) is 0.400. The van der Waals surface area contributed by atoms with Crippen molar-refractivity contribution in [2.24, 2.45) is 5.41 Å². The van der Waals surface area contributed by atoms with E-state index in [2.05, 4.69) is 10.6 Å². The molecule has 3 N–H and O–H groups in total. The number of aliphatic carboxylic acids is 1. The first-order valence-corrected chi connectivity index (χ1v) is 6.82. The molecule has 2 rings (SSSR count). The maximum absolute atomic E-state index is 11.8. The molecule has 0 heterocycles. The fourth-order valence-corrected chi connectivity index (χ4v) is 2.07. The van der Waals surface area contributed by atoms with Crippen LogP contribution in [-0.2, 0) is 9.59 Å². The average molecular weight is 290 g/mol. The lowest BCUT2D eigenvalue weighted by molar-refractivity contribution is -0.149. The second-order valence-electron chi connectivity index (χ2n) is 5.27. The summed E-state index contributed by atoms with van der Waals surface area (Å²) in [5.74, 6) is -1.77. The predicted octanol–water partition coefficient (Wildman–Crippen LogP) is 0.706. The number of benzene rings is 1. The normalized spacial score (nSPS) is 15.1. The second kappa shape index (κ2) is 5.95. The van der Waals surface area contributed by atoms with Gasteiger partial charge in [0.2, 0.25) is 5.91 Å². The third-order valence-corrected chi connectivity index (χ3v) is 3.57. The van der Waals surface area contributed by atoms with Crippen LogP contribution in [0.1, 0.15) is 28.8 Å². The highest BCUT2D eigenvalue weighted by Gasteiger charge is 2.56. The third kappa shape index (κ3) is 3.39. The van der Waals surface area contributed by atoms with Crippen LogP contribution in [0.5, 0.6) is 0 Å². The zero-order valence-electron chi connectivity index (χ0n) is 11.8. The zero-order chi connectivity index (χ0) is 15.5. The van der Waals surface area contributed by atoms with E-state index in [1.165, 1.54) is 0 Å². The molecule has 1 aliphatic carbocycles. The maximum atomic E-state index is 11.8. The van der Waals surface area contributed by atoms with Crippen LogP contribution in [0, 0.1) is 12.3 Å². The molecule has 21 heavy (non-hydrogen) atoms. The van der Waals surface area contributed by atoms with Crippen LogP contribution >= 0.6 is 0 Å². The molecular weight excluding hydrogens is 272 g/mol. The van der Waals surface area contributed by atoms with Gasteiger partial charge in [-0.3, -0.25) is 14.4 Å². The SMILES string of the molecule is Cc1cccc(C(=O)NCCNC(=O)C2(C(=O)O)CC2)c1. The second-order valence-corrected chi connectivity index (χ2v) is 5.27. The topological polar surface area (TPSA) is 95.5 Å². The average Bonchev–Trinajstić information content (AvgIpc) is 3.24. The summed E-state index contributed by atoms with van der Waals surface area (Å²) in [5, 5.41) is 14.2. The Morgan fingerprint density at radius 2 is 1.86 bits per heavy atom. The van der Waals surface area contributed by atoms with Crippen molar-refractivity contribution in [1.82, 2.24) is 10.6 Å². The van der Waals surface area contributed by atoms with E-state index in [1.807, 2.05) is 13.0 Å². The van der Waals surface area contributed by atoms with Crippen LogP contribution in [0.2, 0.25) is 0 Å². The molecule has 0 aliphatic heterocycles. The van der Waals surface area contributed by atoms with Crippen molar-refractivity contribution < 1.29 is 19.5 Å². The molecule has 0 unspecified atom stereocenters. The number of rotatable bonds is 6. The Labute approximate surface area is 122 Å². The molecule has 0 bridgehead atoms. The predicted molar refractivity (Wildman–Crippen MR) is 75.8 cm³/mol. The van der Waals surface area contributed by atoms with Crippen molar-refractivity contribution in [2.45, 2.75) is 19.8 Å². The van der Waals surface area contributed by atoms with E-state index >= 15 is 0 Å². The fourth-order valence-electron chi connectivity index (χ4n) is 2.07. The number of amides is 2. The minimum Gasteiger partial charge on any atom is -0.480 e. The van der Waals surface area contributed by atoms with Gasteiger partial charge in [0.25, 0.3) is 5.91 Å². The van der Waals surface area contributed by atoms with Gasteiger partial charge in [0.1, 0.15) is 5.41 Å². The van der Waals surface area contributed by atoms with Crippen LogP contribution in [0.3, 0.4) is 0 Å². The van der Waals surface area contributed by atoms with Gasteiger partial charge in [0.15, 0.2) is 0 Å². The molecule has 0 aromatic heterocycles. The van der Waals surface area contributed by atoms with Gasteiger partial charge in [-0.05, 0) is 31.9 Å². The monoisotopic (exact) mass is 290 g/mol. The molecule has 2 amide bonds. The van der Waals surface area contributed by atoms with Crippen molar-refractivity contribution in [3.05, 3.63) is 35.4 Å². The first-order valence-electron chi connectivity index (χ1n) is 6.82. The third-order valence-electron chi connectivity index (χ3n) is 3.57. The highest BCUT2D eigenvalue weighted by Crippen LogP contribution is 2.45.